The zero-order valence-corrected chi connectivity index (χ0v) is 27.6. The Morgan fingerprint density at radius 2 is 1.74 bits per heavy atom. The minimum Gasteiger partial charge on any atom is -0.870 e. The predicted molar refractivity (Wildman–Crippen MR) is 166 cm³/mol. The quantitative estimate of drug-likeness (QED) is 0.158. The monoisotopic (exact) mass is 718 g/mol. The van der Waals surface area contributed by atoms with Crippen molar-refractivity contribution in [3.8, 4) is 17.2 Å². The number of alkyl halides is 2. The maximum absolute atomic E-state index is 13.6. The molecule has 1 saturated carbocycles. The van der Waals surface area contributed by atoms with E-state index in [1.165, 1.54) is 42.7 Å². The van der Waals surface area contributed by atoms with Gasteiger partial charge in [-0.1, -0.05) is 35.3 Å². The van der Waals surface area contributed by atoms with E-state index in [9.17, 15) is 22.0 Å². The van der Waals surface area contributed by atoms with Gasteiger partial charge in [-0.15, -0.1) is 0 Å². The van der Waals surface area contributed by atoms with Crippen LogP contribution in [0.3, 0.4) is 0 Å². The highest BCUT2D eigenvalue weighted by molar-refractivity contribution is 7.86. The van der Waals surface area contributed by atoms with Crippen LogP contribution in [0.4, 0.5) is 8.78 Å². The molecule has 0 radical (unpaired) electrons. The van der Waals surface area contributed by atoms with Gasteiger partial charge in [-0.3, -0.25) is 4.90 Å². The van der Waals surface area contributed by atoms with Crippen molar-refractivity contribution < 1.29 is 55.6 Å². The number of benzene rings is 2. The van der Waals surface area contributed by atoms with Gasteiger partial charge < -0.3 is 28.6 Å². The smallest absolute Gasteiger partial charge is 0.387 e. The van der Waals surface area contributed by atoms with Crippen LogP contribution in [0.2, 0.25) is 10.0 Å². The lowest BCUT2D eigenvalue weighted by atomic mass is 10.0. The van der Waals surface area contributed by atoms with E-state index < -0.39 is 28.8 Å². The Kier molecular flexibility index (Phi) is 12.6. The Balaban J connectivity index is 0.00000500. The molecule has 5 rings (SSSR count). The van der Waals surface area contributed by atoms with Crippen LogP contribution in [0.1, 0.15) is 46.0 Å². The number of hydrogen-bond acceptors (Lipinski definition) is 10. The second-order valence-corrected chi connectivity index (χ2v) is 13.5. The van der Waals surface area contributed by atoms with Gasteiger partial charge in [-0.05, 0) is 48.6 Å². The summed E-state index contributed by atoms with van der Waals surface area (Å²) in [6.07, 6.45) is 4.90. The summed E-state index contributed by atoms with van der Waals surface area (Å²) in [5.74, 6) is -0.573. The number of ether oxygens (including phenoxy) is 4. The molecule has 2 heterocycles. The largest absolute Gasteiger partial charge is 0.870 e. The third-order valence-corrected chi connectivity index (χ3v) is 8.56. The second-order valence-electron chi connectivity index (χ2n) is 11.1. The van der Waals surface area contributed by atoms with E-state index in [4.69, 9.17) is 41.6 Å². The number of morpholine rings is 1. The number of carbonyl (C=O) groups is 1. The molecule has 11 nitrogen and oxygen atoms in total. The van der Waals surface area contributed by atoms with Gasteiger partial charge in [0, 0.05) is 37.2 Å². The number of H-pyrrole nitrogens is 1. The molecule has 2 aliphatic rings. The maximum Gasteiger partial charge on any atom is 0.387 e. The van der Waals surface area contributed by atoms with Gasteiger partial charge in [-0.25, -0.2) is 9.78 Å². The molecule has 16 heteroatoms. The van der Waals surface area contributed by atoms with E-state index in [2.05, 4.69) is 14.6 Å². The van der Waals surface area contributed by atoms with Crippen molar-refractivity contribution in [2.45, 2.75) is 38.5 Å². The summed E-state index contributed by atoms with van der Waals surface area (Å²) in [5, 5.41) is 0.570. The van der Waals surface area contributed by atoms with Gasteiger partial charge in [0.15, 0.2) is 23.9 Å². The molecule has 1 saturated heterocycles. The van der Waals surface area contributed by atoms with E-state index in [1.807, 2.05) is 0 Å². The van der Waals surface area contributed by atoms with Crippen LogP contribution in [0, 0.1) is 5.92 Å². The highest BCUT2D eigenvalue weighted by Crippen LogP contribution is 2.38. The van der Waals surface area contributed by atoms with Gasteiger partial charge in [0.1, 0.15) is 21.9 Å². The molecule has 47 heavy (non-hydrogen) atoms. The first-order chi connectivity index (χ1) is 21.9. The number of carbonyl (C=O) groups excluding carboxylic acids is 1. The Hall–Kier alpha value is -3.27. The molecule has 2 N–H and O–H groups in total. The molecule has 1 aromatic heterocycles. The van der Waals surface area contributed by atoms with Gasteiger partial charge in [-0.2, -0.15) is 17.2 Å². The topological polar surface area (TPSA) is 145 Å². The molecule has 256 valence electrons. The fourth-order valence-corrected chi connectivity index (χ4v) is 5.87. The summed E-state index contributed by atoms with van der Waals surface area (Å²) in [5.41, 5.74) is 1.45. The molecule has 0 spiro atoms. The zero-order chi connectivity index (χ0) is 32.8. The first-order valence-corrected chi connectivity index (χ1v) is 17.1. The predicted octanol–water partition coefficient (Wildman–Crippen LogP) is 5.33. The van der Waals surface area contributed by atoms with Crippen molar-refractivity contribution >= 4 is 39.3 Å². The molecular weight excluding hydrogens is 685 g/mol. The van der Waals surface area contributed by atoms with Crippen molar-refractivity contribution in [1.82, 2.24) is 4.90 Å². The van der Waals surface area contributed by atoms with Crippen LogP contribution in [0.5, 0.6) is 17.2 Å². The lowest BCUT2D eigenvalue weighted by Crippen LogP contribution is -2.35. The average molecular weight is 720 g/mol. The van der Waals surface area contributed by atoms with Crippen molar-refractivity contribution in [3.63, 3.8) is 0 Å². The maximum atomic E-state index is 13.6. The number of aromatic nitrogens is 1. The molecule has 2 aromatic carbocycles. The Labute approximate surface area is 281 Å². The minimum absolute atomic E-state index is 0. The van der Waals surface area contributed by atoms with E-state index in [0.717, 1.165) is 19.1 Å². The number of halogens is 4. The third-order valence-electron chi connectivity index (χ3n) is 7.40. The minimum atomic E-state index is -3.93. The number of pyridine rings is 1. The van der Waals surface area contributed by atoms with Crippen LogP contribution < -0.4 is 18.6 Å². The van der Waals surface area contributed by atoms with Crippen molar-refractivity contribution in [2.75, 3.05) is 39.2 Å². The Bertz CT molecular complexity index is 1640. The van der Waals surface area contributed by atoms with Crippen LogP contribution in [-0.4, -0.2) is 70.5 Å². The summed E-state index contributed by atoms with van der Waals surface area (Å²) < 4.78 is 77.7. The standard InChI is InChI=1S/C31H32Cl2F2N2O8S.H2O/c1-46(39,40)45-28-13-21(4-5-22(28)17-37-8-10-41-11-9-37)30(38)43-27(14-23-24(32)15-36-16-25(23)33)20-6-7-26(44-31(34)35)29(12-20)42-18-19-2-3-19;/h4-7,12-13,15-16,19,27,31H,2-3,8-11,14,17-18H2,1H3;1H2/t27-;/m0./s1. The molecule has 3 aromatic rings. The molecule has 2 fully saturated rings. The number of nitrogens with zero attached hydrogens (tertiary/aromatic N) is 1. The van der Waals surface area contributed by atoms with Crippen LogP contribution in [-0.2, 0) is 32.6 Å². The molecule has 0 unspecified atom stereocenters. The summed E-state index contributed by atoms with van der Waals surface area (Å²) in [6.45, 7) is 0.0216. The number of esters is 1. The molecule has 0 bridgehead atoms. The van der Waals surface area contributed by atoms with Gasteiger partial charge in [0.25, 0.3) is 0 Å². The molecule has 1 aliphatic carbocycles. The average Bonchev–Trinajstić information content (AvgIpc) is 3.83. The first-order valence-electron chi connectivity index (χ1n) is 14.5. The number of rotatable bonds is 14. The van der Waals surface area contributed by atoms with Crippen molar-refractivity contribution in [3.05, 3.63) is 81.1 Å². The lowest BCUT2D eigenvalue weighted by Gasteiger charge is -2.27. The lowest BCUT2D eigenvalue weighted by molar-refractivity contribution is -0.377. The van der Waals surface area contributed by atoms with Crippen LogP contribution >= 0.6 is 23.2 Å². The molecule has 1 aliphatic heterocycles. The molecule has 1 atom stereocenters. The van der Waals surface area contributed by atoms with E-state index >= 15 is 0 Å². The SMILES string of the molecule is CS(=O)(=O)Oc1cc(C(=O)O[C@@H](Cc2c(Cl)c[nH+]cc2Cl)c2ccc(OC(F)F)c(OCC3CC3)c2)ccc1CN1CCOCC1.[OH-]. The van der Waals surface area contributed by atoms with Gasteiger partial charge in [0.05, 0.1) is 31.6 Å². The molecular formula is C31H34Cl2F2N2O9S. The Morgan fingerprint density at radius 1 is 1.04 bits per heavy atom. The number of aromatic amines is 1. The number of nitrogens with one attached hydrogen (secondary N) is 1. The van der Waals surface area contributed by atoms with E-state index in [0.29, 0.717) is 62.1 Å². The highest BCUT2D eigenvalue weighted by atomic mass is 35.5. The fraction of sp³-hybridized carbons (Fsp3) is 0.419. The van der Waals surface area contributed by atoms with Crippen molar-refractivity contribution in [2.24, 2.45) is 5.92 Å². The Morgan fingerprint density at radius 3 is 2.38 bits per heavy atom. The molecule has 0 amide bonds. The zero-order valence-electron chi connectivity index (χ0n) is 25.3. The van der Waals surface area contributed by atoms with Crippen LogP contribution in [0.15, 0.2) is 48.8 Å². The summed E-state index contributed by atoms with van der Waals surface area (Å²) in [6, 6.07) is 8.75. The van der Waals surface area contributed by atoms with Crippen LogP contribution in [0.25, 0.3) is 0 Å². The summed E-state index contributed by atoms with van der Waals surface area (Å²) >= 11 is 12.9. The summed E-state index contributed by atoms with van der Waals surface area (Å²) in [4.78, 5) is 18.6. The van der Waals surface area contributed by atoms with Crippen molar-refractivity contribution in [1.29, 1.82) is 0 Å². The second kappa shape index (κ2) is 16.2. The third kappa shape index (κ3) is 10.6. The van der Waals surface area contributed by atoms with E-state index in [-0.39, 0.29) is 44.8 Å². The fourth-order valence-electron chi connectivity index (χ4n) is 4.86. The van der Waals surface area contributed by atoms with Gasteiger partial charge in [0.2, 0.25) is 0 Å². The number of hydrogen-bond donors (Lipinski definition) is 0. The van der Waals surface area contributed by atoms with E-state index in [1.54, 1.807) is 6.07 Å². The normalized spacial score (nSPS) is 15.9. The first kappa shape index (κ1) is 36.6. The van der Waals surface area contributed by atoms with Gasteiger partial charge >= 0.3 is 22.7 Å². The highest BCUT2D eigenvalue weighted by Gasteiger charge is 2.27. The summed E-state index contributed by atoms with van der Waals surface area (Å²) in [7, 11) is -3.93.